The topological polar surface area (TPSA) is 31.9 Å². The molecule has 1 aliphatic heterocycles. The number of H-pyrrole nitrogens is 1. The third kappa shape index (κ3) is 2.50. The lowest BCUT2D eigenvalue weighted by Crippen LogP contribution is -2.19. The van der Waals surface area contributed by atoms with Crippen molar-refractivity contribution in [2.75, 3.05) is 13.1 Å². The Hall–Kier alpha value is -2.20. The van der Waals surface area contributed by atoms with Crippen LogP contribution in [0.25, 0.3) is 22.3 Å². The first-order chi connectivity index (χ1) is 10.8. The third-order valence-corrected chi connectivity index (χ3v) is 4.34. The molecule has 0 radical (unpaired) electrons. The second kappa shape index (κ2) is 5.54. The molecule has 1 aliphatic rings. The number of pyridine rings is 1. The molecule has 112 valence electrons. The highest BCUT2D eigenvalue weighted by atomic mass is 19.1. The van der Waals surface area contributed by atoms with E-state index in [4.69, 9.17) is 0 Å². The maximum atomic E-state index is 14.1. The molecule has 1 aromatic carbocycles. The smallest absolute Gasteiger partial charge is 0.137 e. The zero-order chi connectivity index (χ0) is 14.9. The van der Waals surface area contributed by atoms with Crippen LogP contribution in [-0.4, -0.2) is 28.0 Å². The monoisotopic (exact) mass is 295 g/mol. The Morgan fingerprint density at radius 2 is 2.00 bits per heavy atom. The van der Waals surface area contributed by atoms with E-state index in [0.717, 1.165) is 40.9 Å². The summed E-state index contributed by atoms with van der Waals surface area (Å²) in [7, 11) is 0. The summed E-state index contributed by atoms with van der Waals surface area (Å²) in [4.78, 5) is 9.93. The van der Waals surface area contributed by atoms with Crippen LogP contribution in [0.1, 0.15) is 18.4 Å². The molecule has 0 spiro atoms. The van der Waals surface area contributed by atoms with E-state index in [0.29, 0.717) is 6.54 Å². The van der Waals surface area contributed by atoms with E-state index in [2.05, 4.69) is 20.9 Å². The molecule has 0 bridgehead atoms. The van der Waals surface area contributed by atoms with Gasteiger partial charge in [0.1, 0.15) is 11.5 Å². The fraction of sp³-hybridized carbons (Fsp3) is 0.278. The van der Waals surface area contributed by atoms with Crippen LogP contribution in [-0.2, 0) is 6.54 Å². The van der Waals surface area contributed by atoms with Gasteiger partial charge < -0.3 is 4.98 Å². The van der Waals surface area contributed by atoms with Crippen LogP contribution in [0.4, 0.5) is 4.39 Å². The summed E-state index contributed by atoms with van der Waals surface area (Å²) >= 11 is 0. The average molecular weight is 295 g/mol. The average Bonchev–Trinajstić information content (AvgIpc) is 3.18. The molecule has 0 aliphatic carbocycles. The Kier molecular flexibility index (Phi) is 3.39. The van der Waals surface area contributed by atoms with Gasteiger partial charge in [0.2, 0.25) is 0 Å². The maximum Gasteiger partial charge on any atom is 0.137 e. The molecule has 0 amide bonds. The van der Waals surface area contributed by atoms with Crippen molar-refractivity contribution in [3.63, 3.8) is 0 Å². The van der Waals surface area contributed by atoms with Gasteiger partial charge in [-0.3, -0.25) is 4.90 Å². The Labute approximate surface area is 128 Å². The molecule has 1 fully saturated rings. The van der Waals surface area contributed by atoms with Crippen molar-refractivity contribution in [1.29, 1.82) is 0 Å². The highest BCUT2D eigenvalue weighted by molar-refractivity contribution is 5.82. The van der Waals surface area contributed by atoms with E-state index in [1.807, 2.05) is 24.3 Å². The fourth-order valence-electron chi connectivity index (χ4n) is 3.16. The molecular weight excluding hydrogens is 277 g/mol. The van der Waals surface area contributed by atoms with Crippen LogP contribution in [0, 0.1) is 5.82 Å². The van der Waals surface area contributed by atoms with Crippen molar-refractivity contribution < 1.29 is 4.39 Å². The van der Waals surface area contributed by atoms with Gasteiger partial charge in [0.15, 0.2) is 0 Å². The Morgan fingerprint density at radius 3 is 2.82 bits per heavy atom. The molecular formula is C18H18FN3. The maximum absolute atomic E-state index is 14.1. The molecule has 0 atom stereocenters. The molecule has 3 nitrogen and oxygen atoms in total. The van der Waals surface area contributed by atoms with Crippen molar-refractivity contribution in [3.8, 4) is 11.3 Å². The minimum atomic E-state index is -0.120. The number of hydrogen-bond donors (Lipinski definition) is 1. The normalized spacial score (nSPS) is 15.7. The van der Waals surface area contributed by atoms with Crippen LogP contribution in [0.15, 0.2) is 42.6 Å². The Bertz CT molecular complexity index is 770. The zero-order valence-electron chi connectivity index (χ0n) is 12.3. The number of rotatable bonds is 3. The fourth-order valence-corrected chi connectivity index (χ4v) is 3.16. The summed E-state index contributed by atoms with van der Waals surface area (Å²) in [6.07, 6.45) is 4.20. The highest BCUT2D eigenvalue weighted by Gasteiger charge is 2.15. The summed E-state index contributed by atoms with van der Waals surface area (Å²) in [6.45, 7) is 2.83. The summed E-state index contributed by atoms with van der Waals surface area (Å²) in [5, 5.41) is 1.07. The first kappa shape index (κ1) is 13.5. The van der Waals surface area contributed by atoms with Crippen molar-refractivity contribution >= 4 is 11.0 Å². The SMILES string of the molecule is Fc1ccc(-c2cc3cccnc3[nH]2)cc1CN1CCCC1. The Balaban J connectivity index is 1.69. The van der Waals surface area contributed by atoms with Gasteiger partial charge in [-0.05, 0) is 67.9 Å². The van der Waals surface area contributed by atoms with Gasteiger partial charge in [-0.2, -0.15) is 0 Å². The third-order valence-electron chi connectivity index (χ3n) is 4.34. The van der Waals surface area contributed by atoms with Crippen LogP contribution in [0.3, 0.4) is 0 Å². The van der Waals surface area contributed by atoms with E-state index in [-0.39, 0.29) is 5.82 Å². The van der Waals surface area contributed by atoms with E-state index in [9.17, 15) is 4.39 Å². The van der Waals surface area contributed by atoms with Crippen LogP contribution < -0.4 is 0 Å². The molecule has 1 saturated heterocycles. The van der Waals surface area contributed by atoms with Crippen molar-refractivity contribution in [2.24, 2.45) is 0 Å². The van der Waals surface area contributed by atoms with Crippen molar-refractivity contribution in [1.82, 2.24) is 14.9 Å². The molecule has 1 N–H and O–H groups in total. The number of aromatic amines is 1. The zero-order valence-corrected chi connectivity index (χ0v) is 12.3. The van der Waals surface area contributed by atoms with Gasteiger partial charge in [-0.1, -0.05) is 0 Å². The van der Waals surface area contributed by atoms with E-state index in [1.54, 1.807) is 12.3 Å². The predicted octanol–water partition coefficient (Wildman–Crippen LogP) is 3.96. The Morgan fingerprint density at radius 1 is 1.14 bits per heavy atom. The standard InChI is InChI=1S/C18H18FN3/c19-16-6-5-13(10-15(16)12-22-8-1-2-9-22)17-11-14-4-3-7-20-18(14)21-17/h3-7,10-11H,1-2,8-9,12H2,(H,20,21). The second-order valence-electron chi connectivity index (χ2n) is 5.91. The summed E-state index contributed by atoms with van der Waals surface area (Å²) in [6, 6.07) is 11.4. The van der Waals surface area contributed by atoms with Gasteiger partial charge in [0, 0.05) is 29.4 Å². The molecule has 0 saturated carbocycles. The number of hydrogen-bond acceptors (Lipinski definition) is 2. The molecule has 3 aromatic rings. The lowest BCUT2D eigenvalue weighted by Gasteiger charge is -2.15. The molecule has 4 heteroatoms. The van der Waals surface area contributed by atoms with Gasteiger partial charge in [0.25, 0.3) is 0 Å². The number of nitrogens with one attached hydrogen (secondary N) is 1. The lowest BCUT2D eigenvalue weighted by molar-refractivity contribution is 0.325. The van der Waals surface area contributed by atoms with Crippen LogP contribution in [0.2, 0.25) is 0 Å². The van der Waals surface area contributed by atoms with Gasteiger partial charge in [-0.25, -0.2) is 9.37 Å². The van der Waals surface area contributed by atoms with Gasteiger partial charge in [0.05, 0.1) is 0 Å². The molecule has 2 aromatic heterocycles. The highest BCUT2D eigenvalue weighted by Crippen LogP contribution is 2.26. The molecule has 22 heavy (non-hydrogen) atoms. The van der Waals surface area contributed by atoms with Crippen molar-refractivity contribution in [2.45, 2.75) is 19.4 Å². The first-order valence-corrected chi connectivity index (χ1v) is 7.74. The summed E-state index contributed by atoms with van der Waals surface area (Å²) in [5.74, 6) is -0.120. The van der Waals surface area contributed by atoms with Crippen LogP contribution in [0.5, 0.6) is 0 Å². The second-order valence-corrected chi connectivity index (χ2v) is 5.91. The number of benzene rings is 1. The van der Waals surface area contributed by atoms with Gasteiger partial charge >= 0.3 is 0 Å². The van der Waals surface area contributed by atoms with E-state index in [1.165, 1.54) is 12.8 Å². The van der Waals surface area contributed by atoms with Crippen molar-refractivity contribution in [3.05, 3.63) is 54.0 Å². The lowest BCUT2D eigenvalue weighted by atomic mass is 10.1. The quantitative estimate of drug-likeness (QED) is 0.793. The molecule has 0 unspecified atom stereocenters. The predicted molar refractivity (Wildman–Crippen MR) is 86.0 cm³/mol. The number of halogens is 1. The summed E-state index contributed by atoms with van der Waals surface area (Å²) < 4.78 is 14.1. The van der Waals surface area contributed by atoms with E-state index >= 15 is 0 Å². The number of fused-ring (bicyclic) bond motifs is 1. The molecule has 4 rings (SSSR count). The first-order valence-electron chi connectivity index (χ1n) is 7.74. The number of likely N-dealkylation sites (tertiary alicyclic amines) is 1. The van der Waals surface area contributed by atoms with E-state index < -0.39 is 0 Å². The van der Waals surface area contributed by atoms with Gasteiger partial charge in [-0.15, -0.1) is 0 Å². The minimum absolute atomic E-state index is 0.120. The number of nitrogens with zero attached hydrogens (tertiary/aromatic N) is 2. The summed E-state index contributed by atoms with van der Waals surface area (Å²) in [5.41, 5.74) is 3.62. The molecule has 3 heterocycles. The largest absolute Gasteiger partial charge is 0.339 e. The number of aromatic nitrogens is 2. The van der Waals surface area contributed by atoms with Crippen LogP contribution >= 0.6 is 0 Å². The minimum Gasteiger partial charge on any atom is -0.339 e.